The number of imidazole rings is 1. The van der Waals surface area contributed by atoms with Gasteiger partial charge in [0.25, 0.3) is 0 Å². The lowest BCUT2D eigenvalue weighted by Gasteiger charge is -2.28. The quantitative estimate of drug-likeness (QED) is 0.905. The van der Waals surface area contributed by atoms with E-state index in [0.29, 0.717) is 18.1 Å². The summed E-state index contributed by atoms with van der Waals surface area (Å²) in [5.41, 5.74) is 1.45. The zero-order valence-electron chi connectivity index (χ0n) is 12.4. The van der Waals surface area contributed by atoms with E-state index in [1.165, 1.54) is 37.7 Å². The molecule has 4 rings (SSSR count). The molecule has 3 heteroatoms. The highest BCUT2D eigenvalue weighted by molar-refractivity contribution is 5.21. The predicted molar refractivity (Wildman–Crippen MR) is 83.9 cm³/mol. The van der Waals surface area contributed by atoms with E-state index in [4.69, 9.17) is 0 Å². The van der Waals surface area contributed by atoms with Gasteiger partial charge in [0.2, 0.25) is 0 Å². The van der Waals surface area contributed by atoms with E-state index in [2.05, 4.69) is 51.4 Å². The van der Waals surface area contributed by atoms with E-state index in [1.54, 1.807) is 0 Å². The van der Waals surface area contributed by atoms with Crippen molar-refractivity contribution in [1.82, 2.24) is 14.9 Å². The normalized spacial score (nSPS) is 26.9. The van der Waals surface area contributed by atoms with Gasteiger partial charge in [-0.25, -0.2) is 4.98 Å². The van der Waals surface area contributed by atoms with E-state index in [1.807, 2.05) is 12.5 Å². The minimum atomic E-state index is 0.528. The molecule has 1 heterocycles. The third-order valence-corrected chi connectivity index (χ3v) is 5.03. The number of aromatic nitrogens is 2. The molecule has 3 atom stereocenters. The summed E-state index contributed by atoms with van der Waals surface area (Å²) >= 11 is 0. The SMILES string of the molecule is c1ccc(C(NC2CCCC2n2ccnc2)C2CC2)cc1. The van der Waals surface area contributed by atoms with Crippen molar-refractivity contribution in [2.45, 2.75) is 50.2 Å². The molecule has 21 heavy (non-hydrogen) atoms. The van der Waals surface area contributed by atoms with Crippen LogP contribution in [0.3, 0.4) is 0 Å². The standard InChI is InChI=1S/C18H23N3/c1-2-5-14(6-3-1)18(15-9-10-15)20-16-7-4-8-17(16)21-12-11-19-13-21/h1-3,5-6,11-13,15-18,20H,4,7-10H2. The molecule has 2 saturated carbocycles. The Morgan fingerprint density at radius 2 is 1.95 bits per heavy atom. The molecule has 0 amide bonds. The van der Waals surface area contributed by atoms with Crippen LogP contribution in [0.2, 0.25) is 0 Å². The Kier molecular flexibility index (Phi) is 3.52. The number of hydrogen-bond acceptors (Lipinski definition) is 2. The molecular formula is C18H23N3. The average Bonchev–Trinajstić information content (AvgIpc) is 3.03. The maximum absolute atomic E-state index is 4.22. The minimum Gasteiger partial charge on any atom is -0.333 e. The van der Waals surface area contributed by atoms with Gasteiger partial charge in [-0.15, -0.1) is 0 Å². The third kappa shape index (κ3) is 2.75. The molecule has 0 spiro atoms. The molecule has 1 N–H and O–H groups in total. The predicted octanol–water partition coefficient (Wildman–Crippen LogP) is 3.72. The van der Waals surface area contributed by atoms with Crippen LogP contribution < -0.4 is 5.32 Å². The Morgan fingerprint density at radius 1 is 1.10 bits per heavy atom. The summed E-state index contributed by atoms with van der Waals surface area (Å²) in [5.74, 6) is 0.830. The van der Waals surface area contributed by atoms with Crippen molar-refractivity contribution in [3.8, 4) is 0 Å². The van der Waals surface area contributed by atoms with Gasteiger partial charge in [0, 0.05) is 30.5 Å². The summed E-state index contributed by atoms with van der Waals surface area (Å²) in [6.45, 7) is 0. The summed E-state index contributed by atoms with van der Waals surface area (Å²) in [6, 6.07) is 12.6. The number of benzene rings is 1. The number of nitrogens with zero attached hydrogens (tertiary/aromatic N) is 2. The third-order valence-electron chi connectivity index (χ3n) is 5.03. The zero-order chi connectivity index (χ0) is 14.1. The van der Waals surface area contributed by atoms with Crippen LogP contribution in [0.15, 0.2) is 49.1 Å². The Balaban J connectivity index is 1.53. The van der Waals surface area contributed by atoms with Crippen LogP contribution in [-0.2, 0) is 0 Å². The average molecular weight is 281 g/mol. The molecule has 0 aliphatic heterocycles. The van der Waals surface area contributed by atoms with Crippen LogP contribution in [0.1, 0.15) is 49.8 Å². The molecule has 2 aliphatic rings. The lowest BCUT2D eigenvalue weighted by molar-refractivity contribution is 0.335. The fourth-order valence-corrected chi connectivity index (χ4v) is 3.78. The van der Waals surface area contributed by atoms with Gasteiger partial charge in [0.15, 0.2) is 0 Å². The lowest BCUT2D eigenvalue weighted by Crippen LogP contribution is -2.37. The Morgan fingerprint density at radius 3 is 2.67 bits per heavy atom. The van der Waals surface area contributed by atoms with Gasteiger partial charge in [-0.05, 0) is 43.6 Å². The van der Waals surface area contributed by atoms with Crippen LogP contribution in [0.25, 0.3) is 0 Å². The van der Waals surface area contributed by atoms with Crippen molar-refractivity contribution in [2.75, 3.05) is 0 Å². The van der Waals surface area contributed by atoms with Crippen molar-refractivity contribution >= 4 is 0 Å². The smallest absolute Gasteiger partial charge is 0.0949 e. The minimum absolute atomic E-state index is 0.528. The number of hydrogen-bond donors (Lipinski definition) is 1. The molecule has 2 aromatic rings. The molecular weight excluding hydrogens is 258 g/mol. The first-order valence-electron chi connectivity index (χ1n) is 8.20. The molecule has 110 valence electrons. The summed E-state index contributed by atoms with van der Waals surface area (Å²) in [4.78, 5) is 4.22. The summed E-state index contributed by atoms with van der Waals surface area (Å²) in [7, 11) is 0. The van der Waals surface area contributed by atoms with E-state index in [0.717, 1.165) is 5.92 Å². The molecule has 0 saturated heterocycles. The summed E-state index contributed by atoms with van der Waals surface area (Å²) in [6.07, 6.45) is 12.6. The first-order valence-corrected chi connectivity index (χ1v) is 8.20. The lowest BCUT2D eigenvalue weighted by atomic mass is 10.00. The Labute approximate surface area is 126 Å². The van der Waals surface area contributed by atoms with Gasteiger partial charge in [0.1, 0.15) is 0 Å². The Bertz CT molecular complexity index is 559. The molecule has 0 bridgehead atoms. The first kappa shape index (κ1) is 13.1. The first-order chi connectivity index (χ1) is 10.4. The molecule has 2 aliphatic carbocycles. The van der Waals surface area contributed by atoms with Crippen LogP contribution in [0.4, 0.5) is 0 Å². The van der Waals surface area contributed by atoms with Crippen molar-refractivity contribution in [3.63, 3.8) is 0 Å². The molecule has 2 fully saturated rings. The van der Waals surface area contributed by atoms with Gasteiger partial charge in [-0.1, -0.05) is 30.3 Å². The fraction of sp³-hybridized carbons (Fsp3) is 0.500. The van der Waals surface area contributed by atoms with Crippen LogP contribution >= 0.6 is 0 Å². The van der Waals surface area contributed by atoms with Crippen molar-refractivity contribution in [1.29, 1.82) is 0 Å². The van der Waals surface area contributed by atoms with Gasteiger partial charge >= 0.3 is 0 Å². The van der Waals surface area contributed by atoms with E-state index in [-0.39, 0.29) is 0 Å². The maximum Gasteiger partial charge on any atom is 0.0949 e. The van der Waals surface area contributed by atoms with Crippen molar-refractivity contribution in [2.24, 2.45) is 5.92 Å². The molecule has 1 aromatic heterocycles. The second-order valence-corrected chi connectivity index (χ2v) is 6.51. The molecule has 3 nitrogen and oxygen atoms in total. The second-order valence-electron chi connectivity index (χ2n) is 6.51. The van der Waals surface area contributed by atoms with Crippen LogP contribution in [-0.4, -0.2) is 15.6 Å². The maximum atomic E-state index is 4.22. The van der Waals surface area contributed by atoms with E-state index < -0.39 is 0 Å². The van der Waals surface area contributed by atoms with Gasteiger partial charge in [0.05, 0.1) is 6.33 Å². The monoisotopic (exact) mass is 281 g/mol. The summed E-state index contributed by atoms with van der Waals surface area (Å²) < 4.78 is 2.29. The highest BCUT2D eigenvalue weighted by Gasteiger charge is 2.37. The Hall–Kier alpha value is -1.61. The number of rotatable bonds is 5. The highest BCUT2D eigenvalue weighted by atomic mass is 15.1. The molecule has 1 aromatic carbocycles. The topological polar surface area (TPSA) is 29.9 Å². The number of nitrogens with one attached hydrogen (secondary N) is 1. The van der Waals surface area contributed by atoms with Gasteiger partial charge < -0.3 is 9.88 Å². The van der Waals surface area contributed by atoms with Crippen LogP contribution in [0.5, 0.6) is 0 Å². The fourth-order valence-electron chi connectivity index (χ4n) is 3.78. The largest absolute Gasteiger partial charge is 0.333 e. The molecule has 0 radical (unpaired) electrons. The van der Waals surface area contributed by atoms with E-state index >= 15 is 0 Å². The molecule has 3 unspecified atom stereocenters. The van der Waals surface area contributed by atoms with Crippen molar-refractivity contribution < 1.29 is 0 Å². The van der Waals surface area contributed by atoms with Crippen molar-refractivity contribution in [3.05, 3.63) is 54.6 Å². The van der Waals surface area contributed by atoms with E-state index in [9.17, 15) is 0 Å². The van der Waals surface area contributed by atoms with Gasteiger partial charge in [-0.2, -0.15) is 0 Å². The second kappa shape index (κ2) is 5.64. The zero-order valence-corrected chi connectivity index (χ0v) is 12.4. The highest BCUT2D eigenvalue weighted by Crippen LogP contribution is 2.43. The van der Waals surface area contributed by atoms with Crippen LogP contribution in [0, 0.1) is 5.92 Å². The van der Waals surface area contributed by atoms with Gasteiger partial charge in [-0.3, -0.25) is 0 Å². The summed E-state index contributed by atoms with van der Waals surface area (Å²) in [5, 5.41) is 3.98.